The van der Waals surface area contributed by atoms with Gasteiger partial charge in [-0.3, -0.25) is 4.99 Å². The molecule has 0 amide bonds. The maximum absolute atomic E-state index is 4.62. The summed E-state index contributed by atoms with van der Waals surface area (Å²) in [6.07, 6.45) is 2.37. The molecule has 0 unspecified atom stereocenters. The highest BCUT2D eigenvalue weighted by Crippen LogP contribution is 1.99. The van der Waals surface area contributed by atoms with Crippen LogP contribution in [0.5, 0.6) is 0 Å². The van der Waals surface area contributed by atoms with Crippen LogP contribution in [-0.4, -0.2) is 49.1 Å². The molecule has 0 heterocycles. The van der Waals surface area contributed by atoms with Gasteiger partial charge in [0.1, 0.15) is 0 Å². The lowest BCUT2D eigenvalue weighted by atomic mass is 10.1. The monoisotopic (exact) mass is 270 g/mol. The van der Waals surface area contributed by atoms with Gasteiger partial charge in [0, 0.05) is 18.6 Å². The van der Waals surface area contributed by atoms with Crippen LogP contribution in [0.25, 0.3) is 0 Å². The van der Waals surface area contributed by atoms with Crippen molar-refractivity contribution in [3.8, 4) is 0 Å². The third-order valence-electron chi connectivity index (χ3n) is 2.88. The van der Waals surface area contributed by atoms with Gasteiger partial charge in [-0.05, 0) is 60.2 Å². The second-order valence-electron chi connectivity index (χ2n) is 5.87. The standard InChI is InChI=1S/C15H34N4/c1-7-16-14(18-15(4,5)6)17-12-10-11-13-19(8-2)9-3/h7-13H2,1-6H3,(H2,16,17,18). The van der Waals surface area contributed by atoms with Crippen molar-refractivity contribution in [3.63, 3.8) is 0 Å². The highest BCUT2D eigenvalue weighted by molar-refractivity contribution is 5.80. The van der Waals surface area contributed by atoms with Crippen LogP contribution in [0.2, 0.25) is 0 Å². The Hall–Kier alpha value is -0.770. The van der Waals surface area contributed by atoms with Gasteiger partial charge in [-0.2, -0.15) is 0 Å². The fraction of sp³-hybridized carbons (Fsp3) is 0.933. The summed E-state index contributed by atoms with van der Waals surface area (Å²) in [4.78, 5) is 7.08. The zero-order valence-corrected chi connectivity index (χ0v) is 13.8. The Balaban J connectivity index is 3.97. The molecule has 0 bridgehead atoms. The normalized spacial score (nSPS) is 12.9. The Morgan fingerprint density at radius 1 is 1.05 bits per heavy atom. The number of rotatable bonds is 8. The van der Waals surface area contributed by atoms with Crippen LogP contribution in [-0.2, 0) is 0 Å². The Labute approximate surface area is 120 Å². The van der Waals surface area contributed by atoms with Gasteiger partial charge in [-0.25, -0.2) is 0 Å². The maximum atomic E-state index is 4.62. The predicted molar refractivity (Wildman–Crippen MR) is 85.9 cm³/mol. The van der Waals surface area contributed by atoms with Gasteiger partial charge < -0.3 is 15.5 Å². The van der Waals surface area contributed by atoms with Crippen molar-refractivity contribution in [1.29, 1.82) is 0 Å². The molecule has 0 aromatic carbocycles. The minimum atomic E-state index is 0.0578. The van der Waals surface area contributed by atoms with Crippen molar-refractivity contribution in [1.82, 2.24) is 15.5 Å². The summed E-state index contributed by atoms with van der Waals surface area (Å²) in [6.45, 7) is 18.3. The van der Waals surface area contributed by atoms with Gasteiger partial charge in [0.05, 0.1) is 0 Å². The van der Waals surface area contributed by atoms with E-state index in [4.69, 9.17) is 0 Å². The van der Waals surface area contributed by atoms with E-state index in [0.717, 1.165) is 38.6 Å². The number of hydrogen-bond donors (Lipinski definition) is 2. The second kappa shape index (κ2) is 10.1. The molecule has 19 heavy (non-hydrogen) atoms. The molecule has 0 fully saturated rings. The molecule has 0 aliphatic carbocycles. The first-order valence-corrected chi connectivity index (χ1v) is 7.71. The molecule has 0 aromatic rings. The van der Waals surface area contributed by atoms with Crippen LogP contribution in [0.1, 0.15) is 54.4 Å². The zero-order chi connectivity index (χ0) is 14.7. The molecule has 0 aliphatic heterocycles. The molecule has 114 valence electrons. The predicted octanol–water partition coefficient (Wildman–Crippen LogP) is 2.46. The lowest BCUT2D eigenvalue weighted by Gasteiger charge is -2.23. The number of aliphatic imine (C=N–C) groups is 1. The molecule has 4 nitrogen and oxygen atoms in total. The Kier molecular flexibility index (Phi) is 9.66. The van der Waals surface area contributed by atoms with E-state index in [1.807, 2.05) is 0 Å². The minimum Gasteiger partial charge on any atom is -0.357 e. The summed E-state index contributed by atoms with van der Waals surface area (Å²) in [7, 11) is 0. The number of nitrogens with zero attached hydrogens (tertiary/aromatic N) is 2. The van der Waals surface area contributed by atoms with Gasteiger partial charge in [-0.15, -0.1) is 0 Å². The van der Waals surface area contributed by atoms with Crippen LogP contribution in [0.15, 0.2) is 4.99 Å². The van der Waals surface area contributed by atoms with E-state index >= 15 is 0 Å². The van der Waals surface area contributed by atoms with E-state index in [1.54, 1.807) is 0 Å². The summed E-state index contributed by atoms with van der Waals surface area (Å²) < 4.78 is 0. The quantitative estimate of drug-likeness (QED) is 0.404. The van der Waals surface area contributed by atoms with Crippen molar-refractivity contribution in [2.75, 3.05) is 32.7 Å². The minimum absolute atomic E-state index is 0.0578. The molecule has 0 aliphatic rings. The van der Waals surface area contributed by atoms with Crippen molar-refractivity contribution in [3.05, 3.63) is 0 Å². The first kappa shape index (κ1) is 18.2. The average molecular weight is 270 g/mol. The Morgan fingerprint density at radius 3 is 2.16 bits per heavy atom. The van der Waals surface area contributed by atoms with Gasteiger partial charge in [-0.1, -0.05) is 13.8 Å². The molecule has 2 N–H and O–H groups in total. The van der Waals surface area contributed by atoms with Gasteiger partial charge in [0.2, 0.25) is 0 Å². The summed E-state index contributed by atoms with van der Waals surface area (Å²) in [5.41, 5.74) is 0.0578. The average Bonchev–Trinajstić information content (AvgIpc) is 2.32. The van der Waals surface area contributed by atoms with Crippen molar-refractivity contribution >= 4 is 5.96 Å². The molecular formula is C15H34N4. The Morgan fingerprint density at radius 2 is 1.68 bits per heavy atom. The van der Waals surface area contributed by atoms with E-state index < -0.39 is 0 Å². The third kappa shape index (κ3) is 10.8. The van der Waals surface area contributed by atoms with Crippen LogP contribution >= 0.6 is 0 Å². The highest BCUT2D eigenvalue weighted by Gasteiger charge is 2.11. The topological polar surface area (TPSA) is 39.7 Å². The maximum Gasteiger partial charge on any atom is 0.191 e. The van der Waals surface area contributed by atoms with E-state index in [9.17, 15) is 0 Å². The largest absolute Gasteiger partial charge is 0.357 e. The first-order chi connectivity index (χ1) is 8.92. The van der Waals surface area contributed by atoms with E-state index in [0.29, 0.717) is 0 Å². The molecular weight excluding hydrogens is 236 g/mol. The number of nitrogens with one attached hydrogen (secondary N) is 2. The molecule has 0 saturated heterocycles. The fourth-order valence-electron chi connectivity index (χ4n) is 1.84. The molecule has 0 saturated carbocycles. The smallest absolute Gasteiger partial charge is 0.191 e. The molecule has 4 heteroatoms. The molecule has 0 atom stereocenters. The van der Waals surface area contributed by atoms with E-state index in [2.05, 4.69) is 62.1 Å². The zero-order valence-electron chi connectivity index (χ0n) is 13.8. The summed E-state index contributed by atoms with van der Waals surface area (Å²) in [5, 5.41) is 6.70. The molecule has 0 aromatic heterocycles. The van der Waals surface area contributed by atoms with E-state index in [1.165, 1.54) is 13.0 Å². The number of unbranched alkanes of at least 4 members (excludes halogenated alkanes) is 1. The third-order valence-corrected chi connectivity index (χ3v) is 2.88. The fourth-order valence-corrected chi connectivity index (χ4v) is 1.84. The number of hydrogen-bond acceptors (Lipinski definition) is 2. The van der Waals surface area contributed by atoms with Crippen LogP contribution in [0, 0.1) is 0 Å². The SMILES string of the molecule is CCNC(=NCCCCN(CC)CC)NC(C)(C)C. The van der Waals surface area contributed by atoms with Crippen molar-refractivity contribution in [2.24, 2.45) is 4.99 Å². The lowest BCUT2D eigenvalue weighted by Crippen LogP contribution is -2.47. The molecule has 0 radical (unpaired) electrons. The summed E-state index contributed by atoms with van der Waals surface area (Å²) in [6, 6.07) is 0. The van der Waals surface area contributed by atoms with Gasteiger partial charge >= 0.3 is 0 Å². The molecule has 0 spiro atoms. The molecule has 0 rings (SSSR count). The summed E-state index contributed by atoms with van der Waals surface area (Å²) >= 11 is 0. The van der Waals surface area contributed by atoms with Gasteiger partial charge in [0.25, 0.3) is 0 Å². The van der Waals surface area contributed by atoms with Crippen LogP contribution < -0.4 is 10.6 Å². The highest BCUT2D eigenvalue weighted by atomic mass is 15.2. The number of guanidine groups is 1. The first-order valence-electron chi connectivity index (χ1n) is 7.71. The van der Waals surface area contributed by atoms with Crippen molar-refractivity contribution in [2.45, 2.75) is 59.9 Å². The van der Waals surface area contributed by atoms with Crippen LogP contribution in [0.3, 0.4) is 0 Å². The second-order valence-corrected chi connectivity index (χ2v) is 5.87. The van der Waals surface area contributed by atoms with Gasteiger partial charge in [0.15, 0.2) is 5.96 Å². The lowest BCUT2D eigenvalue weighted by molar-refractivity contribution is 0.297. The summed E-state index contributed by atoms with van der Waals surface area (Å²) in [5.74, 6) is 0.929. The van der Waals surface area contributed by atoms with Crippen molar-refractivity contribution < 1.29 is 0 Å². The van der Waals surface area contributed by atoms with E-state index in [-0.39, 0.29) is 5.54 Å². The Bertz CT molecular complexity index is 239. The van der Waals surface area contributed by atoms with Crippen LogP contribution in [0.4, 0.5) is 0 Å².